The van der Waals surface area contributed by atoms with Crippen LogP contribution in [0.2, 0.25) is 0 Å². The van der Waals surface area contributed by atoms with E-state index in [-0.39, 0.29) is 5.54 Å². The number of methoxy groups -OCH3 is 3. The molecule has 0 saturated heterocycles. The van der Waals surface area contributed by atoms with Gasteiger partial charge in [-0.15, -0.1) is 0 Å². The third kappa shape index (κ3) is 3.54. The molecule has 0 fully saturated rings. The van der Waals surface area contributed by atoms with E-state index < -0.39 is 0 Å². The molecule has 1 rings (SSSR count). The van der Waals surface area contributed by atoms with Crippen molar-refractivity contribution < 1.29 is 14.2 Å². The van der Waals surface area contributed by atoms with Gasteiger partial charge in [0.1, 0.15) is 5.84 Å². The van der Waals surface area contributed by atoms with Gasteiger partial charge in [0, 0.05) is 0 Å². The molecule has 0 unspecified atom stereocenters. The van der Waals surface area contributed by atoms with E-state index in [2.05, 4.69) is 10.4 Å². The Hall–Kier alpha value is -1.95. The van der Waals surface area contributed by atoms with Crippen LogP contribution in [-0.4, -0.2) is 32.7 Å². The van der Waals surface area contributed by atoms with Crippen molar-refractivity contribution in [2.24, 2.45) is 10.8 Å². The zero-order valence-electron chi connectivity index (χ0n) is 12.9. The fourth-order valence-electron chi connectivity index (χ4n) is 1.79. The summed E-state index contributed by atoms with van der Waals surface area (Å²) in [7, 11) is 4.69. The molecule has 0 radical (unpaired) electrons. The summed E-state index contributed by atoms with van der Waals surface area (Å²) in [5.74, 6) is 7.72. The molecule has 1 aromatic rings. The third-order valence-electron chi connectivity index (χ3n) is 2.54. The Kier molecular flexibility index (Phi) is 5.21. The number of rotatable bonds is 4. The second kappa shape index (κ2) is 6.47. The van der Waals surface area contributed by atoms with Gasteiger partial charge in [-0.05, 0) is 32.9 Å². The first-order valence-electron chi connectivity index (χ1n) is 6.23. The van der Waals surface area contributed by atoms with Crippen LogP contribution in [0.1, 0.15) is 26.3 Å². The molecule has 1 aromatic carbocycles. The van der Waals surface area contributed by atoms with Gasteiger partial charge in [-0.1, -0.05) is 0 Å². The summed E-state index contributed by atoms with van der Waals surface area (Å²) >= 11 is 0. The smallest absolute Gasteiger partial charge is 0.204 e. The number of amidine groups is 1. The third-order valence-corrected chi connectivity index (χ3v) is 2.54. The molecule has 0 amide bonds. The Morgan fingerprint density at radius 2 is 1.65 bits per heavy atom. The lowest BCUT2D eigenvalue weighted by Gasteiger charge is -2.19. The van der Waals surface area contributed by atoms with Gasteiger partial charge in [0.15, 0.2) is 11.5 Å². The van der Waals surface area contributed by atoms with Crippen LogP contribution < -0.4 is 25.5 Å². The first-order valence-corrected chi connectivity index (χ1v) is 6.23. The van der Waals surface area contributed by atoms with Gasteiger partial charge in [-0.3, -0.25) is 4.99 Å². The second-order valence-corrected chi connectivity index (χ2v) is 5.16. The topological polar surface area (TPSA) is 78.1 Å². The highest BCUT2D eigenvalue weighted by atomic mass is 16.5. The highest BCUT2D eigenvalue weighted by molar-refractivity contribution is 6.02. The van der Waals surface area contributed by atoms with Crippen molar-refractivity contribution in [2.45, 2.75) is 26.3 Å². The van der Waals surface area contributed by atoms with Crippen LogP contribution >= 0.6 is 0 Å². The highest BCUT2D eigenvalue weighted by Crippen LogP contribution is 2.39. The maximum absolute atomic E-state index is 5.59. The van der Waals surface area contributed by atoms with Crippen LogP contribution in [0.25, 0.3) is 0 Å². The van der Waals surface area contributed by atoms with Crippen LogP contribution in [0, 0.1) is 0 Å². The van der Waals surface area contributed by atoms with Crippen LogP contribution in [0.15, 0.2) is 17.1 Å². The van der Waals surface area contributed by atoms with E-state index in [9.17, 15) is 0 Å². The molecule has 0 heterocycles. The number of nitrogens with zero attached hydrogens (tertiary/aromatic N) is 1. The molecule has 112 valence electrons. The van der Waals surface area contributed by atoms with Crippen molar-refractivity contribution in [3.63, 3.8) is 0 Å². The zero-order valence-corrected chi connectivity index (χ0v) is 12.9. The van der Waals surface area contributed by atoms with Gasteiger partial charge < -0.3 is 19.6 Å². The van der Waals surface area contributed by atoms with Crippen molar-refractivity contribution in [3.05, 3.63) is 17.7 Å². The molecule has 0 aromatic heterocycles. The molecule has 0 aliphatic heterocycles. The lowest BCUT2D eigenvalue weighted by Crippen LogP contribution is -2.34. The van der Waals surface area contributed by atoms with Gasteiger partial charge in [-0.2, -0.15) is 0 Å². The van der Waals surface area contributed by atoms with Crippen LogP contribution in [-0.2, 0) is 0 Å². The van der Waals surface area contributed by atoms with Crippen LogP contribution in [0.3, 0.4) is 0 Å². The average Bonchev–Trinajstić information content (AvgIpc) is 2.41. The first kappa shape index (κ1) is 16.1. The van der Waals surface area contributed by atoms with Gasteiger partial charge in [0.2, 0.25) is 5.75 Å². The second-order valence-electron chi connectivity index (χ2n) is 5.16. The fourth-order valence-corrected chi connectivity index (χ4v) is 1.79. The van der Waals surface area contributed by atoms with E-state index in [0.717, 1.165) is 0 Å². The van der Waals surface area contributed by atoms with E-state index in [1.54, 1.807) is 27.4 Å². The van der Waals surface area contributed by atoms with Gasteiger partial charge in [0.05, 0.1) is 32.4 Å². The van der Waals surface area contributed by atoms with Crippen LogP contribution in [0.5, 0.6) is 17.2 Å². The Balaban J connectivity index is 3.48. The lowest BCUT2D eigenvalue weighted by molar-refractivity contribution is 0.324. The summed E-state index contributed by atoms with van der Waals surface area (Å²) in [5, 5.41) is 0. The van der Waals surface area contributed by atoms with E-state index >= 15 is 0 Å². The molecule has 0 atom stereocenters. The normalized spacial score (nSPS) is 12.1. The zero-order chi connectivity index (χ0) is 15.3. The average molecular weight is 281 g/mol. The lowest BCUT2D eigenvalue weighted by atomic mass is 10.1. The van der Waals surface area contributed by atoms with E-state index in [1.807, 2.05) is 26.8 Å². The molecule has 3 N–H and O–H groups in total. The van der Waals surface area contributed by atoms with Crippen LogP contribution in [0.4, 0.5) is 0 Å². The van der Waals surface area contributed by atoms with E-state index in [0.29, 0.717) is 28.6 Å². The number of nitrogens with two attached hydrogens (primary N) is 1. The fraction of sp³-hybridized carbons (Fsp3) is 0.500. The number of hydrogen-bond donors (Lipinski definition) is 2. The van der Waals surface area contributed by atoms with Crippen molar-refractivity contribution in [2.75, 3.05) is 21.3 Å². The summed E-state index contributed by atoms with van der Waals surface area (Å²) < 4.78 is 16.0. The van der Waals surface area contributed by atoms with Crippen molar-refractivity contribution in [1.29, 1.82) is 0 Å². The summed E-state index contributed by atoms with van der Waals surface area (Å²) in [5.41, 5.74) is 3.04. The molecule has 20 heavy (non-hydrogen) atoms. The number of nitrogens with one attached hydrogen (secondary N) is 1. The maximum atomic E-state index is 5.59. The Morgan fingerprint density at radius 1 is 1.05 bits per heavy atom. The molecule has 0 spiro atoms. The molecule has 6 heteroatoms. The minimum atomic E-state index is -0.278. The Labute approximate surface area is 119 Å². The van der Waals surface area contributed by atoms with Gasteiger partial charge in [0.25, 0.3) is 0 Å². The number of hydrazine groups is 1. The molecule has 0 saturated carbocycles. The summed E-state index contributed by atoms with van der Waals surface area (Å²) in [6, 6.07) is 3.61. The number of aliphatic imine (C=N–C) groups is 1. The first-order chi connectivity index (χ1) is 9.37. The number of hydrogen-bond acceptors (Lipinski definition) is 5. The molecule has 0 aliphatic rings. The highest BCUT2D eigenvalue weighted by Gasteiger charge is 2.20. The summed E-state index contributed by atoms with van der Waals surface area (Å²) in [6.45, 7) is 5.95. The largest absolute Gasteiger partial charge is 0.493 e. The molecule has 0 aliphatic carbocycles. The monoisotopic (exact) mass is 281 g/mol. The van der Waals surface area contributed by atoms with E-state index in [1.165, 1.54) is 0 Å². The van der Waals surface area contributed by atoms with Crippen molar-refractivity contribution in [1.82, 2.24) is 5.43 Å². The predicted octanol–water partition coefficient (Wildman–Crippen LogP) is 1.72. The Bertz CT molecular complexity index is 493. The maximum Gasteiger partial charge on any atom is 0.204 e. The molecular weight excluding hydrogens is 258 g/mol. The minimum absolute atomic E-state index is 0.278. The SMILES string of the molecule is COc1ccc(C(=NC(C)(C)C)NN)c(OC)c1OC. The number of benzene rings is 1. The molecule has 0 bridgehead atoms. The molecule has 6 nitrogen and oxygen atoms in total. The Morgan fingerprint density at radius 3 is 2.05 bits per heavy atom. The summed E-state index contributed by atoms with van der Waals surface area (Å²) in [4.78, 5) is 4.54. The van der Waals surface area contributed by atoms with Crippen molar-refractivity contribution >= 4 is 5.84 Å². The van der Waals surface area contributed by atoms with E-state index in [4.69, 9.17) is 20.1 Å². The van der Waals surface area contributed by atoms with Gasteiger partial charge in [-0.25, -0.2) is 5.84 Å². The minimum Gasteiger partial charge on any atom is -0.493 e. The van der Waals surface area contributed by atoms with Crippen molar-refractivity contribution in [3.8, 4) is 17.2 Å². The molecular formula is C14H23N3O3. The predicted molar refractivity (Wildman–Crippen MR) is 79.7 cm³/mol. The van der Waals surface area contributed by atoms with Gasteiger partial charge >= 0.3 is 0 Å². The number of ether oxygens (including phenoxy) is 3. The summed E-state index contributed by atoms with van der Waals surface area (Å²) in [6.07, 6.45) is 0. The quantitative estimate of drug-likeness (QED) is 0.380. The standard InChI is InChI=1S/C14H23N3O3/c1-14(2,3)16-13(17-15)9-7-8-10(18-4)12(20-6)11(9)19-5/h7-8H,15H2,1-6H3,(H,16,17).